The molecule has 150 valence electrons. The van der Waals surface area contributed by atoms with Crippen molar-refractivity contribution in [3.05, 3.63) is 41.4 Å². The lowest BCUT2D eigenvalue weighted by Gasteiger charge is -2.38. The Balaban J connectivity index is 1.36. The van der Waals surface area contributed by atoms with Gasteiger partial charge in [-0.1, -0.05) is 11.3 Å². The van der Waals surface area contributed by atoms with Crippen LogP contribution < -0.4 is 10.2 Å². The summed E-state index contributed by atoms with van der Waals surface area (Å²) in [6.45, 7) is 4.83. The van der Waals surface area contributed by atoms with E-state index in [2.05, 4.69) is 25.4 Å². The van der Waals surface area contributed by atoms with Crippen molar-refractivity contribution in [3.8, 4) is 5.82 Å². The van der Waals surface area contributed by atoms with E-state index in [1.807, 2.05) is 17.0 Å². The predicted molar refractivity (Wildman–Crippen MR) is 106 cm³/mol. The maximum Gasteiger partial charge on any atom is 0.350 e. The number of aryl methyl sites for hydroxylation is 1. The number of nitrogens with one attached hydrogen (secondary N) is 1. The Morgan fingerprint density at radius 2 is 2.10 bits per heavy atom. The van der Waals surface area contributed by atoms with Crippen molar-refractivity contribution in [2.24, 2.45) is 5.92 Å². The van der Waals surface area contributed by atoms with Gasteiger partial charge in [-0.2, -0.15) is 5.10 Å². The average molecular weight is 413 g/mol. The van der Waals surface area contributed by atoms with Gasteiger partial charge in [-0.25, -0.2) is 24.4 Å². The van der Waals surface area contributed by atoms with E-state index < -0.39 is 5.97 Å². The van der Waals surface area contributed by atoms with Crippen LogP contribution in [0.25, 0.3) is 5.82 Å². The summed E-state index contributed by atoms with van der Waals surface area (Å²) in [7, 11) is 0. The van der Waals surface area contributed by atoms with E-state index >= 15 is 0 Å². The summed E-state index contributed by atoms with van der Waals surface area (Å²) in [4.78, 5) is 39.5. The quantitative estimate of drug-likeness (QED) is 0.607. The lowest BCUT2D eigenvalue weighted by molar-refractivity contribution is -0.120. The molecule has 0 bridgehead atoms. The van der Waals surface area contributed by atoms with Crippen LogP contribution in [0.1, 0.15) is 22.3 Å². The van der Waals surface area contributed by atoms with E-state index in [9.17, 15) is 9.59 Å². The molecule has 1 saturated heterocycles. The number of anilines is 2. The molecule has 1 aliphatic heterocycles. The molecule has 3 aromatic rings. The monoisotopic (exact) mass is 413 g/mol. The fourth-order valence-electron chi connectivity index (χ4n) is 2.91. The first kappa shape index (κ1) is 19.0. The summed E-state index contributed by atoms with van der Waals surface area (Å²) >= 11 is 1.12. The van der Waals surface area contributed by atoms with Crippen LogP contribution in [0.15, 0.2) is 30.9 Å². The van der Waals surface area contributed by atoms with E-state index in [-0.39, 0.29) is 11.8 Å². The van der Waals surface area contributed by atoms with E-state index in [1.54, 1.807) is 30.9 Å². The second-order valence-electron chi connectivity index (χ2n) is 6.43. The molecule has 4 rings (SSSR count). The summed E-state index contributed by atoms with van der Waals surface area (Å²) in [5.74, 6) is 0.664. The largest absolute Gasteiger partial charge is 0.462 e. The Hall–Kier alpha value is -3.34. The van der Waals surface area contributed by atoms with Crippen LogP contribution in [0.5, 0.6) is 0 Å². The third kappa shape index (κ3) is 3.94. The summed E-state index contributed by atoms with van der Waals surface area (Å²) in [6, 6.07) is 3.65. The summed E-state index contributed by atoms with van der Waals surface area (Å²) < 4.78 is 6.65. The number of thiazole rings is 1. The standard InChI is InChI=1S/C18H19N7O3S/c1-3-28-17(27)15-11(2)22-18(29-15)23-16(26)12-8-24(9-12)13-7-14(20-10-19-13)25-6-4-5-21-25/h4-7,10,12H,3,8-9H2,1-2H3,(H,22,23,26). The minimum absolute atomic E-state index is 0.133. The number of carbonyl (C=O) groups is 2. The van der Waals surface area contributed by atoms with E-state index in [1.165, 1.54) is 6.33 Å². The zero-order valence-corrected chi connectivity index (χ0v) is 16.7. The highest BCUT2D eigenvalue weighted by Gasteiger charge is 2.34. The van der Waals surface area contributed by atoms with Gasteiger partial charge in [0.25, 0.3) is 0 Å². The maximum atomic E-state index is 12.5. The Kier molecular flexibility index (Phi) is 5.21. The highest BCUT2D eigenvalue weighted by molar-refractivity contribution is 7.17. The van der Waals surface area contributed by atoms with Crippen molar-refractivity contribution in [2.45, 2.75) is 13.8 Å². The fourth-order valence-corrected chi connectivity index (χ4v) is 3.78. The molecule has 1 fully saturated rings. The third-order valence-electron chi connectivity index (χ3n) is 4.44. The highest BCUT2D eigenvalue weighted by atomic mass is 32.1. The second kappa shape index (κ2) is 7.95. The summed E-state index contributed by atoms with van der Waals surface area (Å²) in [5, 5.41) is 7.35. The Bertz CT molecular complexity index is 1030. The minimum Gasteiger partial charge on any atom is -0.462 e. The maximum absolute atomic E-state index is 12.5. The van der Waals surface area contributed by atoms with Crippen LogP contribution in [-0.2, 0) is 9.53 Å². The lowest BCUT2D eigenvalue weighted by atomic mass is 9.99. The summed E-state index contributed by atoms with van der Waals surface area (Å²) in [5.41, 5.74) is 0.547. The van der Waals surface area contributed by atoms with Crippen molar-refractivity contribution >= 4 is 34.2 Å². The van der Waals surface area contributed by atoms with Crippen LogP contribution in [-0.4, -0.2) is 56.3 Å². The van der Waals surface area contributed by atoms with Gasteiger partial charge in [-0.15, -0.1) is 0 Å². The molecule has 0 atom stereocenters. The van der Waals surface area contributed by atoms with Gasteiger partial charge in [-0.3, -0.25) is 4.79 Å². The molecule has 11 heteroatoms. The van der Waals surface area contributed by atoms with Gasteiger partial charge in [-0.05, 0) is 19.9 Å². The van der Waals surface area contributed by atoms with Gasteiger partial charge in [0, 0.05) is 31.5 Å². The van der Waals surface area contributed by atoms with Gasteiger partial charge in [0.15, 0.2) is 10.9 Å². The molecule has 1 N–H and O–H groups in total. The van der Waals surface area contributed by atoms with Crippen LogP contribution >= 0.6 is 11.3 Å². The number of ether oxygens (including phenoxy) is 1. The number of amides is 1. The smallest absolute Gasteiger partial charge is 0.350 e. The van der Waals surface area contributed by atoms with Crippen molar-refractivity contribution in [1.82, 2.24) is 24.7 Å². The van der Waals surface area contributed by atoms with Crippen molar-refractivity contribution in [2.75, 3.05) is 29.9 Å². The van der Waals surface area contributed by atoms with Gasteiger partial charge in [0.1, 0.15) is 17.0 Å². The number of rotatable bonds is 6. The van der Waals surface area contributed by atoms with Crippen LogP contribution in [0.3, 0.4) is 0 Å². The molecule has 0 radical (unpaired) electrons. The molecular weight excluding hydrogens is 394 g/mol. The first-order valence-electron chi connectivity index (χ1n) is 9.07. The molecule has 10 nitrogen and oxygen atoms in total. The van der Waals surface area contributed by atoms with Crippen LogP contribution in [0, 0.1) is 12.8 Å². The highest BCUT2D eigenvalue weighted by Crippen LogP contribution is 2.27. The van der Waals surface area contributed by atoms with Crippen LogP contribution in [0.4, 0.5) is 10.9 Å². The lowest BCUT2D eigenvalue weighted by Crippen LogP contribution is -2.52. The molecule has 3 aromatic heterocycles. The molecule has 0 saturated carbocycles. The third-order valence-corrected chi connectivity index (χ3v) is 5.49. The predicted octanol–water partition coefficient (Wildman–Crippen LogP) is 1.68. The van der Waals surface area contributed by atoms with Gasteiger partial charge < -0.3 is 15.0 Å². The molecule has 1 amide bonds. The summed E-state index contributed by atoms with van der Waals surface area (Å²) in [6.07, 6.45) is 4.97. The molecule has 29 heavy (non-hydrogen) atoms. The van der Waals surface area contributed by atoms with E-state index in [0.29, 0.717) is 41.2 Å². The minimum atomic E-state index is -0.422. The molecule has 0 aliphatic carbocycles. The van der Waals surface area contributed by atoms with E-state index in [4.69, 9.17) is 4.74 Å². The molecule has 1 aliphatic rings. The number of esters is 1. The average Bonchev–Trinajstić information content (AvgIpc) is 3.31. The molecule has 0 unspecified atom stereocenters. The SMILES string of the molecule is CCOC(=O)c1sc(NC(=O)C2CN(c3cc(-n4cccn4)ncn3)C2)nc1C. The number of hydrogen-bond donors (Lipinski definition) is 1. The topological polar surface area (TPSA) is 115 Å². The number of hydrogen-bond acceptors (Lipinski definition) is 9. The zero-order valence-electron chi connectivity index (χ0n) is 15.9. The Labute approximate surface area is 170 Å². The first-order chi connectivity index (χ1) is 14.0. The molecule has 4 heterocycles. The first-order valence-corrected chi connectivity index (χ1v) is 9.89. The van der Waals surface area contributed by atoms with Crippen LogP contribution in [0.2, 0.25) is 0 Å². The molecular formula is C18H19N7O3S. The Morgan fingerprint density at radius 1 is 1.31 bits per heavy atom. The van der Waals surface area contributed by atoms with Gasteiger partial charge in [0.05, 0.1) is 18.2 Å². The van der Waals surface area contributed by atoms with Crippen molar-refractivity contribution in [1.29, 1.82) is 0 Å². The van der Waals surface area contributed by atoms with Crippen molar-refractivity contribution < 1.29 is 14.3 Å². The second-order valence-corrected chi connectivity index (χ2v) is 7.43. The van der Waals surface area contributed by atoms with E-state index in [0.717, 1.165) is 17.2 Å². The molecule has 0 spiro atoms. The van der Waals surface area contributed by atoms with Gasteiger partial charge >= 0.3 is 5.97 Å². The van der Waals surface area contributed by atoms with Gasteiger partial charge in [0.2, 0.25) is 5.91 Å². The number of aromatic nitrogens is 5. The Morgan fingerprint density at radius 3 is 2.83 bits per heavy atom. The molecule has 0 aromatic carbocycles. The fraction of sp³-hybridized carbons (Fsp3) is 0.333. The van der Waals surface area contributed by atoms with Crippen molar-refractivity contribution in [3.63, 3.8) is 0 Å². The zero-order chi connectivity index (χ0) is 20.4. The number of nitrogens with zero attached hydrogens (tertiary/aromatic N) is 6. The number of carbonyl (C=O) groups excluding carboxylic acids is 2. The normalized spacial score (nSPS) is 13.8.